The zero-order chi connectivity index (χ0) is 10.8. The van der Waals surface area contributed by atoms with Crippen LogP contribution in [0.2, 0.25) is 0 Å². The van der Waals surface area contributed by atoms with Crippen LogP contribution in [0.25, 0.3) is 0 Å². The lowest BCUT2D eigenvalue weighted by atomic mass is 9.81. The quantitative estimate of drug-likeness (QED) is 0.730. The summed E-state index contributed by atoms with van der Waals surface area (Å²) in [6.07, 6.45) is 0. The fourth-order valence-electron chi connectivity index (χ4n) is 1.78. The Balaban J connectivity index is 2.42. The highest BCUT2D eigenvalue weighted by atomic mass is 15.2. The first-order chi connectivity index (χ1) is 6.41. The van der Waals surface area contributed by atoms with Crippen molar-refractivity contribution in [3.63, 3.8) is 0 Å². The van der Waals surface area contributed by atoms with Crippen molar-refractivity contribution in [2.45, 2.75) is 40.7 Å². The highest BCUT2D eigenvalue weighted by molar-refractivity contribution is 4.80. The Bertz CT molecular complexity index is 172. The summed E-state index contributed by atoms with van der Waals surface area (Å²) in [7, 11) is 0. The average molecular weight is 198 g/mol. The van der Waals surface area contributed by atoms with Gasteiger partial charge in [-0.2, -0.15) is 0 Å². The van der Waals surface area contributed by atoms with E-state index in [1.54, 1.807) is 0 Å². The van der Waals surface area contributed by atoms with Crippen LogP contribution in [0.3, 0.4) is 0 Å². The van der Waals surface area contributed by atoms with Crippen molar-refractivity contribution in [2.24, 2.45) is 11.3 Å². The number of rotatable bonds is 2. The first kappa shape index (κ1) is 12.0. The second kappa shape index (κ2) is 4.63. The van der Waals surface area contributed by atoms with Gasteiger partial charge >= 0.3 is 0 Å². The van der Waals surface area contributed by atoms with Crippen molar-refractivity contribution in [3.05, 3.63) is 0 Å². The molecule has 84 valence electrons. The normalized spacial score (nSPS) is 27.6. The summed E-state index contributed by atoms with van der Waals surface area (Å²) in [5.41, 5.74) is 0.435. The molecule has 1 saturated heterocycles. The molecule has 0 aromatic carbocycles. The number of nitrogens with zero attached hydrogens (tertiary/aromatic N) is 1. The smallest absolute Gasteiger partial charge is 0.0193 e. The second-order valence-corrected chi connectivity index (χ2v) is 5.82. The molecule has 1 aliphatic heterocycles. The molecular formula is C12H26N2. The van der Waals surface area contributed by atoms with Crippen LogP contribution in [0.1, 0.15) is 34.6 Å². The van der Waals surface area contributed by atoms with E-state index in [0.29, 0.717) is 11.5 Å². The Kier molecular flexibility index (Phi) is 3.96. The van der Waals surface area contributed by atoms with Crippen LogP contribution in [-0.4, -0.2) is 37.1 Å². The zero-order valence-electron chi connectivity index (χ0n) is 10.4. The summed E-state index contributed by atoms with van der Waals surface area (Å²) in [4.78, 5) is 2.62. The summed E-state index contributed by atoms with van der Waals surface area (Å²) in [5.74, 6) is 0.767. The Labute approximate surface area is 89.1 Å². The van der Waals surface area contributed by atoms with E-state index in [2.05, 4.69) is 44.8 Å². The summed E-state index contributed by atoms with van der Waals surface area (Å²) in [6.45, 7) is 16.5. The monoisotopic (exact) mass is 198 g/mol. The fraction of sp³-hybridized carbons (Fsp3) is 1.00. The van der Waals surface area contributed by atoms with Crippen molar-refractivity contribution in [2.75, 3.05) is 26.2 Å². The van der Waals surface area contributed by atoms with E-state index in [9.17, 15) is 0 Å². The van der Waals surface area contributed by atoms with Gasteiger partial charge in [0.15, 0.2) is 0 Å². The molecule has 1 heterocycles. The number of nitrogens with one attached hydrogen (secondary N) is 1. The molecule has 0 amide bonds. The van der Waals surface area contributed by atoms with Gasteiger partial charge in [-0.05, 0) is 18.3 Å². The van der Waals surface area contributed by atoms with Gasteiger partial charge in [0.25, 0.3) is 0 Å². The van der Waals surface area contributed by atoms with Crippen LogP contribution in [0.5, 0.6) is 0 Å². The van der Waals surface area contributed by atoms with E-state index in [-0.39, 0.29) is 0 Å². The molecule has 0 saturated carbocycles. The van der Waals surface area contributed by atoms with E-state index in [1.165, 1.54) is 13.1 Å². The summed E-state index contributed by atoms with van der Waals surface area (Å²) >= 11 is 0. The average Bonchev–Trinajstić information content (AvgIpc) is 2.07. The summed E-state index contributed by atoms with van der Waals surface area (Å²) < 4.78 is 0. The van der Waals surface area contributed by atoms with Crippen molar-refractivity contribution in [3.8, 4) is 0 Å². The van der Waals surface area contributed by atoms with E-state index in [0.717, 1.165) is 19.0 Å². The largest absolute Gasteiger partial charge is 0.314 e. The van der Waals surface area contributed by atoms with E-state index in [1.807, 2.05) is 0 Å². The maximum absolute atomic E-state index is 3.43. The van der Waals surface area contributed by atoms with E-state index >= 15 is 0 Å². The van der Waals surface area contributed by atoms with Crippen LogP contribution in [0.15, 0.2) is 0 Å². The SMILES string of the molecule is CC1CNCCN1CC(C)C(C)(C)C. The lowest BCUT2D eigenvalue weighted by Crippen LogP contribution is -2.51. The van der Waals surface area contributed by atoms with Crippen LogP contribution in [0, 0.1) is 11.3 Å². The molecule has 1 rings (SSSR count). The molecule has 2 atom stereocenters. The summed E-state index contributed by atoms with van der Waals surface area (Å²) in [5, 5.41) is 3.43. The lowest BCUT2D eigenvalue weighted by molar-refractivity contribution is 0.111. The molecule has 0 aromatic rings. The minimum absolute atomic E-state index is 0.435. The molecule has 14 heavy (non-hydrogen) atoms. The van der Waals surface area contributed by atoms with Crippen LogP contribution < -0.4 is 5.32 Å². The standard InChI is InChI=1S/C12H26N2/c1-10(12(3,4)5)9-14-7-6-13-8-11(14)2/h10-11,13H,6-9H2,1-5H3. The van der Waals surface area contributed by atoms with Gasteiger partial charge in [0.2, 0.25) is 0 Å². The highest BCUT2D eigenvalue weighted by Crippen LogP contribution is 2.26. The Morgan fingerprint density at radius 1 is 1.43 bits per heavy atom. The minimum Gasteiger partial charge on any atom is -0.314 e. The second-order valence-electron chi connectivity index (χ2n) is 5.82. The predicted octanol–water partition coefficient (Wildman–Crippen LogP) is 1.96. The van der Waals surface area contributed by atoms with Crippen molar-refractivity contribution in [1.29, 1.82) is 0 Å². The minimum atomic E-state index is 0.435. The molecule has 1 N–H and O–H groups in total. The van der Waals surface area contributed by atoms with E-state index in [4.69, 9.17) is 0 Å². The predicted molar refractivity (Wildman–Crippen MR) is 62.5 cm³/mol. The molecule has 0 spiro atoms. The third-order valence-corrected chi connectivity index (χ3v) is 3.63. The molecule has 2 unspecified atom stereocenters. The topological polar surface area (TPSA) is 15.3 Å². The van der Waals surface area contributed by atoms with Crippen molar-refractivity contribution < 1.29 is 0 Å². The summed E-state index contributed by atoms with van der Waals surface area (Å²) in [6, 6.07) is 0.702. The Hall–Kier alpha value is -0.0800. The van der Waals surface area contributed by atoms with Gasteiger partial charge in [0.1, 0.15) is 0 Å². The molecule has 0 aromatic heterocycles. The number of hydrogen-bond acceptors (Lipinski definition) is 2. The lowest BCUT2D eigenvalue weighted by Gasteiger charge is -2.39. The first-order valence-corrected chi connectivity index (χ1v) is 5.86. The van der Waals surface area contributed by atoms with Crippen LogP contribution in [-0.2, 0) is 0 Å². The number of piperazine rings is 1. The number of hydrogen-bond donors (Lipinski definition) is 1. The Morgan fingerprint density at radius 3 is 2.57 bits per heavy atom. The zero-order valence-corrected chi connectivity index (χ0v) is 10.4. The van der Waals surface area contributed by atoms with Gasteiger partial charge in [-0.15, -0.1) is 0 Å². The van der Waals surface area contributed by atoms with E-state index < -0.39 is 0 Å². The molecule has 2 nitrogen and oxygen atoms in total. The molecule has 0 bridgehead atoms. The third kappa shape index (κ3) is 3.25. The van der Waals surface area contributed by atoms with Gasteiger partial charge in [0.05, 0.1) is 0 Å². The van der Waals surface area contributed by atoms with Gasteiger partial charge < -0.3 is 5.32 Å². The molecule has 0 aliphatic carbocycles. The van der Waals surface area contributed by atoms with Crippen molar-refractivity contribution in [1.82, 2.24) is 10.2 Å². The van der Waals surface area contributed by atoms with Crippen LogP contribution >= 0.6 is 0 Å². The van der Waals surface area contributed by atoms with Crippen LogP contribution in [0.4, 0.5) is 0 Å². The fourth-order valence-corrected chi connectivity index (χ4v) is 1.78. The Morgan fingerprint density at radius 2 is 2.07 bits per heavy atom. The van der Waals surface area contributed by atoms with Gasteiger partial charge in [0, 0.05) is 32.2 Å². The molecular weight excluding hydrogens is 172 g/mol. The van der Waals surface area contributed by atoms with Gasteiger partial charge in [-0.3, -0.25) is 4.90 Å². The van der Waals surface area contributed by atoms with Crippen molar-refractivity contribution >= 4 is 0 Å². The molecule has 1 fully saturated rings. The van der Waals surface area contributed by atoms with Gasteiger partial charge in [-0.1, -0.05) is 27.7 Å². The highest BCUT2D eigenvalue weighted by Gasteiger charge is 2.25. The molecule has 0 radical (unpaired) electrons. The maximum Gasteiger partial charge on any atom is 0.0193 e. The molecule has 2 heteroatoms. The first-order valence-electron chi connectivity index (χ1n) is 5.86. The molecule has 1 aliphatic rings. The maximum atomic E-state index is 3.43. The van der Waals surface area contributed by atoms with Gasteiger partial charge in [-0.25, -0.2) is 0 Å². The third-order valence-electron chi connectivity index (χ3n) is 3.63.